The molecule has 0 saturated heterocycles. The van der Waals surface area contributed by atoms with Crippen molar-refractivity contribution in [2.24, 2.45) is 0 Å². The van der Waals surface area contributed by atoms with Crippen LogP contribution in [0, 0.1) is 0 Å². The molecule has 0 fully saturated rings. The number of alkyl carbamates (subject to hydrolysis) is 1. The van der Waals surface area contributed by atoms with Gasteiger partial charge in [-0.1, -0.05) is 17.8 Å². The SMILES string of the molecule is C=CCOC(=O)NC(C)(C)c1cc(C(=O)O)on1. The van der Waals surface area contributed by atoms with Gasteiger partial charge in [0.05, 0.1) is 5.54 Å². The van der Waals surface area contributed by atoms with Crippen molar-refractivity contribution in [2.45, 2.75) is 19.4 Å². The van der Waals surface area contributed by atoms with Crippen molar-refractivity contribution >= 4 is 12.1 Å². The smallest absolute Gasteiger partial charge is 0.408 e. The molecule has 0 unspecified atom stereocenters. The van der Waals surface area contributed by atoms with Gasteiger partial charge in [-0.2, -0.15) is 0 Å². The van der Waals surface area contributed by atoms with Crippen LogP contribution in [0.15, 0.2) is 23.2 Å². The Morgan fingerprint density at radius 3 is 2.83 bits per heavy atom. The lowest BCUT2D eigenvalue weighted by atomic mass is 10.0. The fourth-order valence-corrected chi connectivity index (χ4v) is 1.16. The van der Waals surface area contributed by atoms with Gasteiger partial charge < -0.3 is 19.7 Å². The standard InChI is InChI=1S/C11H14N2O5/c1-4-5-17-10(16)12-11(2,3)8-6-7(9(14)15)18-13-8/h4,6H,1,5H2,2-3H3,(H,12,16)(H,14,15). The van der Waals surface area contributed by atoms with Crippen molar-refractivity contribution in [3.63, 3.8) is 0 Å². The zero-order valence-corrected chi connectivity index (χ0v) is 10.1. The van der Waals surface area contributed by atoms with E-state index in [1.54, 1.807) is 13.8 Å². The van der Waals surface area contributed by atoms with Crippen molar-refractivity contribution in [3.8, 4) is 0 Å². The molecular formula is C11H14N2O5. The molecule has 0 aliphatic heterocycles. The first kappa shape index (κ1) is 13.8. The van der Waals surface area contributed by atoms with Gasteiger partial charge in [-0.3, -0.25) is 0 Å². The van der Waals surface area contributed by atoms with E-state index >= 15 is 0 Å². The zero-order valence-electron chi connectivity index (χ0n) is 10.1. The summed E-state index contributed by atoms with van der Waals surface area (Å²) in [5.41, 5.74) is -0.620. The minimum Gasteiger partial charge on any atom is -0.475 e. The first-order chi connectivity index (χ1) is 8.36. The number of aromatic carboxylic acids is 1. The van der Waals surface area contributed by atoms with E-state index in [4.69, 9.17) is 9.84 Å². The normalized spacial score (nSPS) is 10.8. The molecule has 1 heterocycles. The number of nitrogens with zero attached hydrogens (tertiary/aromatic N) is 1. The van der Waals surface area contributed by atoms with Crippen LogP contribution in [0.4, 0.5) is 4.79 Å². The second kappa shape index (κ2) is 5.35. The highest BCUT2D eigenvalue weighted by molar-refractivity contribution is 5.84. The lowest BCUT2D eigenvalue weighted by Gasteiger charge is -2.22. The maximum Gasteiger partial charge on any atom is 0.408 e. The van der Waals surface area contributed by atoms with Crippen molar-refractivity contribution in [1.82, 2.24) is 10.5 Å². The molecule has 2 N–H and O–H groups in total. The van der Waals surface area contributed by atoms with Gasteiger partial charge in [0.25, 0.3) is 0 Å². The molecule has 98 valence electrons. The lowest BCUT2D eigenvalue weighted by Crippen LogP contribution is -2.41. The fourth-order valence-electron chi connectivity index (χ4n) is 1.16. The van der Waals surface area contributed by atoms with Gasteiger partial charge in [-0.05, 0) is 13.8 Å². The number of ether oxygens (including phenoxy) is 1. The molecule has 1 amide bonds. The van der Waals surface area contributed by atoms with Crippen LogP contribution in [-0.4, -0.2) is 28.9 Å². The van der Waals surface area contributed by atoms with E-state index in [1.165, 1.54) is 12.1 Å². The third-order valence-electron chi connectivity index (χ3n) is 2.11. The number of carbonyl (C=O) groups excluding carboxylic acids is 1. The molecule has 18 heavy (non-hydrogen) atoms. The van der Waals surface area contributed by atoms with E-state index in [0.29, 0.717) is 0 Å². The van der Waals surface area contributed by atoms with Crippen LogP contribution >= 0.6 is 0 Å². The second-order valence-electron chi connectivity index (χ2n) is 4.02. The summed E-state index contributed by atoms with van der Waals surface area (Å²) in [7, 11) is 0. The highest BCUT2D eigenvalue weighted by Gasteiger charge is 2.28. The van der Waals surface area contributed by atoms with Gasteiger partial charge in [-0.15, -0.1) is 0 Å². The van der Waals surface area contributed by atoms with E-state index in [1.807, 2.05) is 0 Å². The third-order valence-corrected chi connectivity index (χ3v) is 2.11. The zero-order chi connectivity index (χ0) is 13.8. The molecule has 1 aromatic rings. The van der Waals surface area contributed by atoms with E-state index in [2.05, 4.69) is 21.6 Å². The van der Waals surface area contributed by atoms with Gasteiger partial charge in [-0.25, -0.2) is 9.59 Å². The summed E-state index contributed by atoms with van der Waals surface area (Å²) in [5, 5.41) is 14.8. The Balaban J connectivity index is 2.75. The van der Waals surface area contributed by atoms with Crippen LogP contribution in [0.1, 0.15) is 30.1 Å². The number of carboxylic acid groups (broad SMARTS) is 1. The number of nitrogens with one attached hydrogen (secondary N) is 1. The first-order valence-electron chi connectivity index (χ1n) is 5.13. The molecule has 1 aromatic heterocycles. The maximum atomic E-state index is 11.4. The molecule has 0 aliphatic rings. The topological polar surface area (TPSA) is 102 Å². The number of carbonyl (C=O) groups is 2. The molecule has 0 aromatic carbocycles. The summed E-state index contributed by atoms with van der Waals surface area (Å²) in [6, 6.07) is 1.25. The van der Waals surface area contributed by atoms with Crippen molar-refractivity contribution in [1.29, 1.82) is 0 Å². The van der Waals surface area contributed by atoms with Gasteiger partial charge in [0.2, 0.25) is 5.76 Å². The Hall–Kier alpha value is -2.31. The molecule has 0 saturated carbocycles. The average molecular weight is 254 g/mol. The molecule has 7 heteroatoms. The van der Waals surface area contributed by atoms with Crippen LogP contribution in [0.2, 0.25) is 0 Å². The molecule has 0 spiro atoms. The van der Waals surface area contributed by atoms with Crippen LogP contribution in [0.3, 0.4) is 0 Å². The highest BCUT2D eigenvalue weighted by Crippen LogP contribution is 2.19. The van der Waals surface area contributed by atoms with Crippen LogP contribution in [0.25, 0.3) is 0 Å². The van der Waals surface area contributed by atoms with Gasteiger partial charge in [0.15, 0.2) is 0 Å². The first-order valence-corrected chi connectivity index (χ1v) is 5.13. The molecule has 7 nitrogen and oxygen atoms in total. The number of hydrogen-bond donors (Lipinski definition) is 2. The Morgan fingerprint density at radius 2 is 2.33 bits per heavy atom. The van der Waals surface area contributed by atoms with Gasteiger partial charge >= 0.3 is 12.1 Å². The van der Waals surface area contributed by atoms with E-state index in [0.717, 1.165) is 0 Å². The van der Waals surface area contributed by atoms with Crippen molar-refractivity contribution < 1.29 is 24.0 Å². The van der Waals surface area contributed by atoms with E-state index in [-0.39, 0.29) is 18.1 Å². The minimum atomic E-state index is -1.22. The van der Waals surface area contributed by atoms with Crippen LogP contribution < -0.4 is 5.32 Å². The van der Waals surface area contributed by atoms with E-state index < -0.39 is 17.6 Å². The van der Waals surface area contributed by atoms with Gasteiger partial charge in [0, 0.05) is 6.07 Å². The van der Waals surface area contributed by atoms with Gasteiger partial charge in [0.1, 0.15) is 12.3 Å². The Bertz CT molecular complexity index is 464. The molecule has 0 atom stereocenters. The molecule has 0 radical (unpaired) electrons. The van der Waals surface area contributed by atoms with Crippen molar-refractivity contribution in [2.75, 3.05) is 6.61 Å². The summed E-state index contributed by atoms with van der Waals surface area (Å²) in [5.74, 6) is -1.52. The predicted molar refractivity (Wildman–Crippen MR) is 61.2 cm³/mol. The number of rotatable bonds is 5. The summed E-state index contributed by atoms with van der Waals surface area (Å²) in [4.78, 5) is 22.0. The second-order valence-corrected chi connectivity index (χ2v) is 4.02. The Labute approximate surface area is 103 Å². The Morgan fingerprint density at radius 1 is 1.67 bits per heavy atom. The Kier molecular flexibility index (Phi) is 4.09. The quantitative estimate of drug-likeness (QED) is 0.772. The summed E-state index contributed by atoms with van der Waals surface area (Å²) >= 11 is 0. The third kappa shape index (κ3) is 3.34. The lowest BCUT2D eigenvalue weighted by molar-refractivity contribution is 0.0651. The van der Waals surface area contributed by atoms with E-state index in [9.17, 15) is 9.59 Å². The summed E-state index contributed by atoms with van der Waals surface area (Å²) < 4.78 is 9.38. The highest BCUT2D eigenvalue weighted by atomic mass is 16.5. The number of carboxylic acids is 1. The maximum absolute atomic E-state index is 11.4. The fraction of sp³-hybridized carbons (Fsp3) is 0.364. The average Bonchev–Trinajstić information content (AvgIpc) is 2.75. The monoisotopic (exact) mass is 254 g/mol. The van der Waals surface area contributed by atoms with Crippen LogP contribution in [0.5, 0.6) is 0 Å². The molecule has 0 aliphatic carbocycles. The number of aromatic nitrogens is 1. The molecule has 1 rings (SSSR count). The number of amides is 1. The predicted octanol–water partition coefficient (Wildman–Crippen LogP) is 1.52. The van der Waals surface area contributed by atoms with Crippen molar-refractivity contribution in [3.05, 3.63) is 30.2 Å². The largest absolute Gasteiger partial charge is 0.475 e. The minimum absolute atomic E-state index is 0.0844. The summed E-state index contributed by atoms with van der Waals surface area (Å²) in [6.45, 7) is 6.79. The number of hydrogen-bond acceptors (Lipinski definition) is 5. The molecular weight excluding hydrogens is 240 g/mol. The van der Waals surface area contributed by atoms with Crippen LogP contribution in [-0.2, 0) is 10.3 Å². The molecule has 0 bridgehead atoms. The summed E-state index contributed by atoms with van der Waals surface area (Å²) in [6.07, 6.45) is 0.783.